The largest absolute Gasteiger partial charge is 0.540 e. The molecule has 0 aliphatic heterocycles. The third-order valence-electron chi connectivity index (χ3n) is 1.12. The Bertz CT molecular complexity index is 301. The Morgan fingerprint density at radius 3 is 2.44 bits per heavy atom. The van der Waals surface area contributed by atoms with Crippen LogP contribution in [-0.4, -0.2) is 19.4 Å². The molecule has 0 amide bonds. The minimum atomic E-state index is -5.02. The summed E-state index contributed by atoms with van der Waals surface area (Å²) in [5.41, 5.74) is -1.31. The maximum Gasteiger partial charge on any atom is 0.540 e. The Morgan fingerprint density at radius 1 is 1.44 bits per heavy atom. The monoisotopic (exact) mass is 264 g/mol. The van der Waals surface area contributed by atoms with Gasteiger partial charge in [0.1, 0.15) is 6.61 Å². The van der Waals surface area contributed by atoms with Crippen LogP contribution in [0.1, 0.15) is 0 Å². The minimum absolute atomic E-state index is 0.433. The molecule has 0 aromatic heterocycles. The molecule has 0 aromatic carbocycles. The van der Waals surface area contributed by atoms with E-state index in [0.717, 1.165) is 6.08 Å². The van der Waals surface area contributed by atoms with Crippen LogP contribution < -0.4 is 0 Å². The van der Waals surface area contributed by atoms with Gasteiger partial charge in [-0.25, -0.2) is 9.45 Å². The van der Waals surface area contributed by atoms with Crippen LogP contribution in [0.5, 0.6) is 0 Å². The minimum Gasteiger partial charge on any atom is -0.278 e. The van der Waals surface area contributed by atoms with Gasteiger partial charge < -0.3 is 0 Å². The van der Waals surface area contributed by atoms with Crippen molar-refractivity contribution >= 4 is 7.91 Å². The van der Waals surface area contributed by atoms with Gasteiger partial charge in [-0.2, -0.15) is 13.2 Å². The number of halogens is 4. The molecule has 0 spiro atoms. The average molecular weight is 264 g/mol. The van der Waals surface area contributed by atoms with Crippen molar-refractivity contribution in [2.24, 2.45) is 0 Å². The zero-order valence-electron chi connectivity index (χ0n) is 8.00. The smallest absolute Gasteiger partial charge is 0.278 e. The normalized spacial score (nSPS) is 15.5. The third-order valence-corrected chi connectivity index (χ3v) is 1.86. The van der Waals surface area contributed by atoms with Crippen LogP contribution in [0.3, 0.4) is 0 Å². The maximum absolute atomic E-state index is 12.7. The van der Waals surface area contributed by atoms with Gasteiger partial charge in [0, 0.05) is 0 Å². The molecule has 0 aromatic rings. The van der Waals surface area contributed by atoms with Gasteiger partial charge in [-0.1, -0.05) is 12.7 Å². The summed E-state index contributed by atoms with van der Waals surface area (Å²) in [5, 5.41) is 0. The van der Waals surface area contributed by atoms with Gasteiger partial charge in [0.05, 0.1) is 12.2 Å². The van der Waals surface area contributed by atoms with Gasteiger partial charge in [0.25, 0.3) is 0 Å². The lowest BCUT2D eigenvalue weighted by Gasteiger charge is -2.11. The van der Waals surface area contributed by atoms with E-state index in [1.165, 1.54) is 0 Å². The molecule has 94 valence electrons. The first-order valence-electron chi connectivity index (χ1n) is 3.80. The molecule has 1 unspecified atom stereocenters. The van der Waals surface area contributed by atoms with E-state index in [-0.39, 0.29) is 0 Å². The molecular formula is C7H9F4O4P. The van der Waals surface area contributed by atoms with E-state index in [4.69, 9.17) is 0 Å². The second-order valence-electron chi connectivity index (χ2n) is 2.45. The predicted molar refractivity (Wildman–Crippen MR) is 47.1 cm³/mol. The molecule has 0 saturated carbocycles. The SMILES string of the molecule is C=CCOP(=O)(F)OOCC(=C)C(F)(F)F. The van der Waals surface area contributed by atoms with Crippen molar-refractivity contribution in [2.45, 2.75) is 6.18 Å². The molecular weight excluding hydrogens is 255 g/mol. The molecule has 16 heavy (non-hydrogen) atoms. The second kappa shape index (κ2) is 6.15. The highest BCUT2D eigenvalue weighted by Gasteiger charge is 2.33. The van der Waals surface area contributed by atoms with Gasteiger partial charge >= 0.3 is 14.1 Å². The molecule has 0 saturated heterocycles. The Kier molecular flexibility index (Phi) is 5.88. The zero-order chi connectivity index (χ0) is 12.8. The summed E-state index contributed by atoms with van der Waals surface area (Å²) >= 11 is 0. The van der Waals surface area contributed by atoms with Crippen molar-refractivity contribution in [3.63, 3.8) is 0 Å². The van der Waals surface area contributed by atoms with Crippen molar-refractivity contribution in [3.05, 3.63) is 24.8 Å². The lowest BCUT2D eigenvalue weighted by atomic mass is 10.3. The van der Waals surface area contributed by atoms with E-state index in [1.807, 2.05) is 0 Å². The highest BCUT2D eigenvalue weighted by molar-refractivity contribution is 7.47. The lowest BCUT2D eigenvalue weighted by molar-refractivity contribution is -0.222. The Labute approximate surface area is 89.1 Å². The zero-order valence-corrected chi connectivity index (χ0v) is 8.89. The fraction of sp³-hybridized carbons (Fsp3) is 0.429. The quantitative estimate of drug-likeness (QED) is 0.232. The average Bonchev–Trinajstić information content (AvgIpc) is 2.13. The molecule has 0 aliphatic rings. The van der Waals surface area contributed by atoms with E-state index < -0.39 is 32.9 Å². The fourth-order valence-electron chi connectivity index (χ4n) is 0.406. The second-order valence-corrected chi connectivity index (χ2v) is 3.72. The first kappa shape index (κ1) is 15.3. The molecule has 0 bridgehead atoms. The summed E-state index contributed by atoms with van der Waals surface area (Å²) in [6, 6.07) is 0. The molecule has 0 N–H and O–H groups in total. The molecule has 0 radical (unpaired) electrons. The van der Waals surface area contributed by atoms with Crippen molar-refractivity contribution in [3.8, 4) is 0 Å². The summed E-state index contributed by atoms with van der Waals surface area (Å²) < 4.78 is 66.3. The van der Waals surface area contributed by atoms with Gasteiger partial charge in [0.2, 0.25) is 0 Å². The Balaban J connectivity index is 3.94. The van der Waals surface area contributed by atoms with Crippen molar-refractivity contribution in [1.29, 1.82) is 0 Å². The number of alkyl halides is 3. The van der Waals surface area contributed by atoms with Crippen molar-refractivity contribution in [2.75, 3.05) is 13.2 Å². The van der Waals surface area contributed by atoms with Crippen LogP contribution in [0.2, 0.25) is 0 Å². The number of hydrogen-bond donors (Lipinski definition) is 0. The van der Waals surface area contributed by atoms with Gasteiger partial charge in [-0.15, -0.1) is 15.5 Å². The van der Waals surface area contributed by atoms with E-state index in [1.54, 1.807) is 0 Å². The highest BCUT2D eigenvalue weighted by Crippen LogP contribution is 2.50. The van der Waals surface area contributed by atoms with Crippen LogP contribution in [0.15, 0.2) is 24.8 Å². The van der Waals surface area contributed by atoms with E-state index >= 15 is 0 Å². The molecule has 1 atom stereocenters. The third kappa shape index (κ3) is 6.73. The molecule has 0 aliphatic carbocycles. The van der Waals surface area contributed by atoms with Crippen LogP contribution >= 0.6 is 7.91 Å². The Hall–Kier alpha value is -0.690. The molecule has 0 rings (SSSR count). The molecule has 0 fully saturated rings. The molecule has 9 heteroatoms. The summed E-state index contributed by atoms with van der Waals surface area (Å²) in [7, 11) is -5.02. The van der Waals surface area contributed by atoms with Crippen LogP contribution in [-0.2, 0) is 18.7 Å². The predicted octanol–water partition coefficient (Wildman–Crippen LogP) is 3.33. The topological polar surface area (TPSA) is 44.8 Å². The van der Waals surface area contributed by atoms with E-state index in [0.29, 0.717) is 0 Å². The van der Waals surface area contributed by atoms with Crippen molar-refractivity contribution in [1.82, 2.24) is 0 Å². The van der Waals surface area contributed by atoms with Crippen LogP contribution in [0.25, 0.3) is 0 Å². The lowest BCUT2D eigenvalue weighted by Crippen LogP contribution is -2.15. The van der Waals surface area contributed by atoms with Crippen molar-refractivity contribution < 1.29 is 36.0 Å². The Morgan fingerprint density at radius 2 is 2.00 bits per heavy atom. The van der Waals surface area contributed by atoms with E-state index in [9.17, 15) is 21.9 Å². The molecule has 4 nitrogen and oxygen atoms in total. The summed E-state index contributed by atoms with van der Waals surface area (Å²) in [4.78, 5) is 3.77. The van der Waals surface area contributed by atoms with Gasteiger partial charge in [-0.05, 0) is 0 Å². The van der Waals surface area contributed by atoms with Gasteiger partial charge in [-0.3, -0.25) is 4.52 Å². The fourth-order valence-corrected chi connectivity index (χ4v) is 0.911. The van der Waals surface area contributed by atoms with Crippen LogP contribution in [0, 0.1) is 0 Å². The summed E-state index contributed by atoms with van der Waals surface area (Å²) in [6.45, 7) is 4.14. The van der Waals surface area contributed by atoms with Crippen LogP contribution in [0.4, 0.5) is 17.4 Å². The summed E-state index contributed by atoms with van der Waals surface area (Å²) in [6.07, 6.45) is -3.62. The number of rotatable bonds is 7. The van der Waals surface area contributed by atoms with E-state index in [2.05, 4.69) is 27.2 Å². The standard InChI is InChI=1S/C7H9F4O4P/c1-3-4-14-16(11,12)15-13-5-6(2)7(8,9)10/h3H,1-2,4-5H2. The molecule has 0 heterocycles. The first-order valence-corrected chi connectivity index (χ1v) is 5.23. The van der Waals surface area contributed by atoms with Gasteiger partial charge in [0.15, 0.2) is 0 Å². The summed E-state index contributed by atoms with van der Waals surface area (Å²) in [5.74, 6) is 0. The maximum atomic E-state index is 12.7. The first-order chi connectivity index (χ1) is 7.19. The highest BCUT2D eigenvalue weighted by atomic mass is 31.2. The number of hydrogen-bond acceptors (Lipinski definition) is 4.